The third-order valence-corrected chi connectivity index (χ3v) is 4.01. The second kappa shape index (κ2) is 5.93. The molecule has 0 aromatic heterocycles. The Morgan fingerprint density at radius 1 is 1.37 bits per heavy atom. The zero-order chi connectivity index (χ0) is 13.9. The van der Waals surface area contributed by atoms with E-state index in [-0.39, 0.29) is 0 Å². The van der Waals surface area contributed by atoms with Crippen molar-refractivity contribution in [3.05, 3.63) is 29.8 Å². The number of ether oxygens (including phenoxy) is 1. The smallest absolute Gasteiger partial charge is 0.118 e. The predicted molar refractivity (Wildman–Crippen MR) is 77.5 cm³/mol. The van der Waals surface area contributed by atoms with Gasteiger partial charge in [0.15, 0.2) is 0 Å². The Morgan fingerprint density at radius 2 is 2.05 bits per heavy atom. The van der Waals surface area contributed by atoms with Crippen LogP contribution in [0.5, 0.6) is 5.75 Å². The zero-order valence-electron chi connectivity index (χ0n) is 12.2. The van der Waals surface area contributed by atoms with Crippen molar-refractivity contribution in [2.75, 3.05) is 27.2 Å². The highest BCUT2D eigenvalue weighted by atomic mass is 16.5. The fraction of sp³-hybridized carbons (Fsp3) is 0.625. The van der Waals surface area contributed by atoms with E-state index in [0.29, 0.717) is 5.92 Å². The zero-order valence-corrected chi connectivity index (χ0v) is 12.2. The van der Waals surface area contributed by atoms with Crippen molar-refractivity contribution in [3.63, 3.8) is 0 Å². The Balaban J connectivity index is 2.03. The van der Waals surface area contributed by atoms with Gasteiger partial charge in [0, 0.05) is 13.1 Å². The minimum atomic E-state index is -0.526. The van der Waals surface area contributed by atoms with Gasteiger partial charge in [-0.25, -0.2) is 0 Å². The Hall–Kier alpha value is -1.06. The molecule has 1 aliphatic heterocycles. The molecule has 1 aliphatic rings. The van der Waals surface area contributed by atoms with E-state index in [4.69, 9.17) is 4.74 Å². The van der Waals surface area contributed by atoms with Crippen molar-refractivity contribution in [3.8, 4) is 5.75 Å². The van der Waals surface area contributed by atoms with E-state index in [9.17, 15) is 5.11 Å². The summed E-state index contributed by atoms with van der Waals surface area (Å²) in [6.45, 7) is 4.00. The Morgan fingerprint density at radius 3 is 2.68 bits per heavy atom. The maximum atomic E-state index is 10.4. The summed E-state index contributed by atoms with van der Waals surface area (Å²) >= 11 is 0. The highest BCUT2D eigenvalue weighted by Gasteiger charge is 2.29. The maximum absolute atomic E-state index is 10.4. The number of benzene rings is 1. The monoisotopic (exact) mass is 263 g/mol. The first-order valence-corrected chi connectivity index (χ1v) is 7.02. The molecule has 0 bridgehead atoms. The van der Waals surface area contributed by atoms with Crippen LogP contribution in [0, 0.1) is 5.92 Å². The molecule has 0 saturated carbocycles. The average Bonchev–Trinajstić information content (AvgIpc) is 2.49. The molecule has 1 aromatic carbocycles. The SMILES string of the molecule is COc1ccc(C[C@H]2CN(C)CCC(C)(O)C2)cc1. The van der Waals surface area contributed by atoms with E-state index in [1.54, 1.807) is 7.11 Å². The lowest BCUT2D eigenvalue weighted by atomic mass is 9.87. The molecular weight excluding hydrogens is 238 g/mol. The van der Waals surface area contributed by atoms with Gasteiger partial charge in [0.1, 0.15) is 5.75 Å². The van der Waals surface area contributed by atoms with E-state index in [2.05, 4.69) is 24.1 Å². The van der Waals surface area contributed by atoms with Crippen LogP contribution in [0.15, 0.2) is 24.3 Å². The van der Waals surface area contributed by atoms with Gasteiger partial charge in [0.25, 0.3) is 0 Å². The molecule has 1 fully saturated rings. The molecule has 0 aliphatic carbocycles. The van der Waals surface area contributed by atoms with Gasteiger partial charge in [-0.3, -0.25) is 0 Å². The lowest BCUT2D eigenvalue weighted by Crippen LogP contribution is -2.27. The van der Waals surface area contributed by atoms with Gasteiger partial charge in [-0.05, 0) is 56.8 Å². The highest BCUT2D eigenvalue weighted by molar-refractivity contribution is 5.27. The van der Waals surface area contributed by atoms with Crippen LogP contribution in [0.25, 0.3) is 0 Å². The molecule has 0 spiro atoms. The average molecular weight is 263 g/mol. The minimum absolute atomic E-state index is 0.510. The molecule has 3 heteroatoms. The van der Waals surface area contributed by atoms with Crippen LogP contribution in [-0.2, 0) is 6.42 Å². The summed E-state index contributed by atoms with van der Waals surface area (Å²) in [6, 6.07) is 8.26. The van der Waals surface area contributed by atoms with Gasteiger partial charge < -0.3 is 14.7 Å². The molecular formula is C16H25NO2. The van der Waals surface area contributed by atoms with Crippen LogP contribution in [0.4, 0.5) is 0 Å². The lowest BCUT2D eigenvalue weighted by Gasteiger charge is -2.25. The summed E-state index contributed by atoms with van der Waals surface area (Å²) < 4.78 is 5.18. The van der Waals surface area contributed by atoms with E-state index in [1.807, 2.05) is 19.1 Å². The van der Waals surface area contributed by atoms with E-state index >= 15 is 0 Å². The summed E-state index contributed by atoms with van der Waals surface area (Å²) in [5.74, 6) is 1.41. The van der Waals surface area contributed by atoms with Crippen LogP contribution in [0.3, 0.4) is 0 Å². The van der Waals surface area contributed by atoms with Gasteiger partial charge in [-0.15, -0.1) is 0 Å². The molecule has 1 saturated heterocycles. The van der Waals surface area contributed by atoms with Gasteiger partial charge >= 0.3 is 0 Å². The van der Waals surface area contributed by atoms with Crippen molar-refractivity contribution in [2.24, 2.45) is 5.92 Å². The molecule has 0 radical (unpaired) electrons. The molecule has 1 unspecified atom stereocenters. The molecule has 19 heavy (non-hydrogen) atoms. The van der Waals surface area contributed by atoms with Gasteiger partial charge in [-0.2, -0.15) is 0 Å². The van der Waals surface area contributed by atoms with E-state index in [1.165, 1.54) is 5.56 Å². The Bertz CT molecular complexity index is 400. The molecule has 2 rings (SSSR count). The summed E-state index contributed by atoms with van der Waals surface area (Å²) in [6.07, 6.45) is 2.76. The van der Waals surface area contributed by atoms with Crippen LogP contribution in [-0.4, -0.2) is 42.9 Å². The number of hydrogen-bond donors (Lipinski definition) is 1. The van der Waals surface area contributed by atoms with Crippen molar-refractivity contribution in [1.29, 1.82) is 0 Å². The van der Waals surface area contributed by atoms with Crippen molar-refractivity contribution >= 4 is 0 Å². The van der Waals surface area contributed by atoms with Crippen LogP contribution in [0.2, 0.25) is 0 Å². The van der Waals surface area contributed by atoms with Gasteiger partial charge in [0.2, 0.25) is 0 Å². The number of methoxy groups -OCH3 is 1. The van der Waals surface area contributed by atoms with Crippen LogP contribution >= 0.6 is 0 Å². The van der Waals surface area contributed by atoms with Crippen LogP contribution < -0.4 is 4.74 Å². The largest absolute Gasteiger partial charge is 0.497 e. The number of aliphatic hydroxyl groups is 1. The first-order chi connectivity index (χ1) is 8.98. The molecule has 3 nitrogen and oxygen atoms in total. The molecule has 1 aromatic rings. The van der Waals surface area contributed by atoms with Crippen molar-refractivity contribution in [1.82, 2.24) is 4.90 Å². The second-order valence-corrected chi connectivity index (χ2v) is 6.13. The Labute approximate surface area is 116 Å². The molecule has 1 heterocycles. The predicted octanol–water partition coefficient (Wildman–Crippen LogP) is 2.33. The summed E-state index contributed by atoms with van der Waals surface area (Å²) in [4.78, 5) is 2.33. The van der Waals surface area contributed by atoms with Crippen molar-refractivity contribution < 1.29 is 9.84 Å². The molecule has 2 atom stereocenters. The molecule has 0 amide bonds. The van der Waals surface area contributed by atoms with Gasteiger partial charge in [0.05, 0.1) is 12.7 Å². The van der Waals surface area contributed by atoms with E-state index < -0.39 is 5.60 Å². The normalized spacial score (nSPS) is 28.9. The molecule has 1 N–H and O–H groups in total. The number of nitrogens with zero attached hydrogens (tertiary/aromatic N) is 1. The number of rotatable bonds is 3. The Kier molecular flexibility index (Phi) is 4.48. The van der Waals surface area contributed by atoms with Gasteiger partial charge in [-0.1, -0.05) is 12.1 Å². The number of likely N-dealkylation sites (tertiary alicyclic amines) is 1. The summed E-state index contributed by atoms with van der Waals surface area (Å²) in [7, 11) is 3.83. The first-order valence-electron chi connectivity index (χ1n) is 7.02. The second-order valence-electron chi connectivity index (χ2n) is 6.13. The topological polar surface area (TPSA) is 32.7 Å². The standard InChI is InChI=1S/C16H25NO2/c1-16(18)8-9-17(2)12-14(11-16)10-13-4-6-15(19-3)7-5-13/h4-7,14,18H,8-12H2,1-3H3/t14-,16?/m1/s1. The van der Waals surface area contributed by atoms with Crippen molar-refractivity contribution in [2.45, 2.75) is 31.8 Å². The quantitative estimate of drug-likeness (QED) is 0.908. The summed E-state index contributed by atoms with van der Waals surface area (Å²) in [5, 5.41) is 10.4. The third-order valence-electron chi connectivity index (χ3n) is 4.01. The fourth-order valence-electron chi connectivity index (χ4n) is 2.98. The summed E-state index contributed by atoms with van der Waals surface area (Å²) in [5.41, 5.74) is 0.791. The van der Waals surface area contributed by atoms with E-state index in [0.717, 1.165) is 38.1 Å². The highest BCUT2D eigenvalue weighted by Crippen LogP contribution is 2.27. The number of hydrogen-bond acceptors (Lipinski definition) is 3. The first kappa shape index (κ1) is 14.4. The minimum Gasteiger partial charge on any atom is -0.497 e. The fourth-order valence-corrected chi connectivity index (χ4v) is 2.98. The lowest BCUT2D eigenvalue weighted by molar-refractivity contribution is 0.0350. The van der Waals surface area contributed by atoms with Crippen LogP contribution in [0.1, 0.15) is 25.3 Å². The maximum Gasteiger partial charge on any atom is 0.118 e. The molecule has 106 valence electrons. The third kappa shape index (κ3) is 4.22.